The summed E-state index contributed by atoms with van der Waals surface area (Å²) < 4.78 is 12.9. The molecule has 1 saturated carbocycles. The molecule has 0 radical (unpaired) electrons. The van der Waals surface area contributed by atoms with Crippen molar-refractivity contribution in [3.8, 4) is 0 Å². The van der Waals surface area contributed by atoms with Crippen molar-refractivity contribution in [2.75, 3.05) is 0 Å². The summed E-state index contributed by atoms with van der Waals surface area (Å²) in [7, 11) is 0. The number of hydrogen-bond donors (Lipinski definition) is 1. The zero-order chi connectivity index (χ0) is 8.77. The Labute approximate surface area is 75.3 Å². The first-order chi connectivity index (χ1) is 5.62. The van der Waals surface area contributed by atoms with Crippen LogP contribution in [-0.4, -0.2) is 0 Å². The van der Waals surface area contributed by atoms with Gasteiger partial charge in [-0.1, -0.05) is 17.7 Å². The van der Waals surface area contributed by atoms with Gasteiger partial charge in [-0.3, -0.25) is 0 Å². The SMILES string of the molecule is NC1(c2ccc(Cl)c(F)c2)CC1. The van der Waals surface area contributed by atoms with Crippen molar-refractivity contribution < 1.29 is 4.39 Å². The van der Waals surface area contributed by atoms with Gasteiger partial charge in [0.1, 0.15) is 5.82 Å². The molecule has 1 fully saturated rings. The fourth-order valence-corrected chi connectivity index (χ4v) is 1.35. The molecular weight excluding hydrogens is 177 g/mol. The Morgan fingerprint density at radius 1 is 1.42 bits per heavy atom. The number of rotatable bonds is 1. The average Bonchev–Trinajstić information content (AvgIpc) is 2.75. The first-order valence-corrected chi connectivity index (χ1v) is 4.24. The van der Waals surface area contributed by atoms with E-state index in [-0.39, 0.29) is 16.4 Å². The van der Waals surface area contributed by atoms with Crippen LogP contribution in [0.2, 0.25) is 5.02 Å². The van der Waals surface area contributed by atoms with Crippen LogP contribution in [0.15, 0.2) is 18.2 Å². The van der Waals surface area contributed by atoms with E-state index in [1.807, 2.05) is 0 Å². The predicted molar refractivity (Wildman–Crippen MR) is 46.5 cm³/mol. The van der Waals surface area contributed by atoms with E-state index in [1.165, 1.54) is 6.07 Å². The Morgan fingerprint density at radius 3 is 2.58 bits per heavy atom. The first-order valence-electron chi connectivity index (χ1n) is 3.86. The summed E-state index contributed by atoms with van der Waals surface area (Å²) >= 11 is 5.54. The van der Waals surface area contributed by atoms with Crippen LogP contribution >= 0.6 is 11.6 Å². The Morgan fingerprint density at radius 2 is 2.08 bits per heavy atom. The van der Waals surface area contributed by atoms with Gasteiger partial charge in [0, 0.05) is 5.54 Å². The number of halogens is 2. The summed E-state index contributed by atoms with van der Waals surface area (Å²) in [6.07, 6.45) is 1.88. The van der Waals surface area contributed by atoms with Gasteiger partial charge in [-0.25, -0.2) is 4.39 Å². The molecule has 0 atom stereocenters. The summed E-state index contributed by atoms with van der Waals surface area (Å²) in [5.74, 6) is -0.383. The second kappa shape index (κ2) is 2.44. The molecule has 2 N–H and O–H groups in total. The zero-order valence-corrected chi connectivity index (χ0v) is 7.24. The highest BCUT2D eigenvalue weighted by atomic mass is 35.5. The van der Waals surface area contributed by atoms with Gasteiger partial charge in [0.15, 0.2) is 0 Å². The molecule has 0 saturated heterocycles. The lowest BCUT2D eigenvalue weighted by atomic mass is 10.1. The molecule has 0 unspecified atom stereocenters. The Hall–Kier alpha value is -0.600. The monoisotopic (exact) mass is 185 g/mol. The number of nitrogens with two attached hydrogens (primary N) is 1. The summed E-state index contributed by atoms with van der Waals surface area (Å²) in [5, 5.41) is 0.156. The molecule has 1 aromatic rings. The zero-order valence-electron chi connectivity index (χ0n) is 6.48. The van der Waals surface area contributed by atoms with Crippen molar-refractivity contribution in [3.63, 3.8) is 0 Å². The van der Waals surface area contributed by atoms with Crippen molar-refractivity contribution in [2.24, 2.45) is 5.73 Å². The molecule has 64 valence electrons. The summed E-state index contributed by atoms with van der Waals surface area (Å²) in [6.45, 7) is 0. The van der Waals surface area contributed by atoms with Crippen molar-refractivity contribution in [1.82, 2.24) is 0 Å². The number of hydrogen-bond acceptors (Lipinski definition) is 1. The van der Waals surface area contributed by atoms with E-state index in [4.69, 9.17) is 17.3 Å². The smallest absolute Gasteiger partial charge is 0.142 e. The first kappa shape index (κ1) is 8.02. The van der Waals surface area contributed by atoms with Gasteiger partial charge in [-0.15, -0.1) is 0 Å². The van der Waals surface area contributed by atoms with E-state index in [0.717, 1.165) is 18.4 Å². The molecule has 3 heteroatoms. The third kappa shape index (κ3) is 1.21. The van der Waals surface area contributed by atoms with Gasteiger partial charge in [-0.05, 0) is 30.5 Å². The molecule has 0 aliphatic heterocycles. The molecule has 12 heavy (non-hydrogen) atoms. The molecule has 1 aliphatic carbocycles. The van der Waals surface area contributed by atoms with E-state index in [0.29, 0.717) is 0 Å². The molecule has 0 heterocycles. The minimum absolute atomic E-state index is 0.156. The van der Waals surface area contributed by atoms with Gasteiger partial charge in [0.05, 0.1) is 5.02 Å². The fourth-order valence-electron chi connectivity index (χ4n) is 1.23. The molecule has 0 spiro atoms. The van der Waals surface area contributed by atoms with Crippen molar-refractivity contribution in [2.45, 2.75) is 18.4 Å². The van der Waals surface area contributed by atoms with Crippen molar-refractivity contribution in [3.05, 3.63) is 34.6 Å². The summed E-state index contributed by atoms with van der Waals surface area (Å²) in [4.78, 5) is 0. The van der Waals surface area contributed by atoms with Crippen LogP contribution in [-0.2, 0) is 5.54 Å². The standard InChI is InChI=1S/C9H9ClFN/c10-7-2-1-6(5-8(7)11)9(12)3-4-9/h1-2,5H,3-4,12H2. The van der Waals surface area contributed by atoms with Crippen LogP contribution < -0.4 is 5.73 Å². The maximum Gasteiger partial charge on any atom is 0.142 e. The van der Waals surface area contributed by atoms with Crippen molar-refractivity contribution in [1.29, 1.82) is 0 Å². The molecule has 0 amide bonds. The topological polar surface area (TPSA) is 26.0 Å². The van der Waals surface area contributed by atoms with Gasteiger partial charge in [0.2, 0.25) is 0 Å². The average molecular weight is 186 g/mol. The molecule has 0 aromatic heterocycles. The highest BCUT2D eigenvalue weighted by Gasteiger charge is 2.40. The van der Waals surface area contributed by atoms with E-state index < -0.39 is 0 Å². The van der Waals surface area contributed by atoms with Gasteiger partial charge in [-0.2, -0.15) is 0 Å². The van der Waals surface area contributed by atoms with E-state index in [1.54, 1.807) is 12.1 Å². The van der Waals surface area contributed by atoms with Crippen LogP contribution in [0.25, 0.3) is 0 Å². The largest absolute Gasteiger partial charge is 0.321 e. The number of benzene rings is 1. The fraction of sp³-hybridized carbons (Fsp3) is 0.333. The second-order valence-corrected chi connectivity index (χ2v) is 3.69. The van der Waals surface area contributed by atoms with Crippen LogP contribution in [0.3, 0.4) is 0 Å². The van der Waals surface area contributed by atoms with E-state index in [2.05, 4.69) is 0 Å². The summed E-state index contributed by atoms with van der Waals surface area (Å²) in [5.41, 5.74) is 6.46. The maximum atomic E-state index is 12.9. The molecule has 2 rings (SSSR count). The third-order valence-corrected chi connectivity index (χ3v) is 2.59. The van der Waals surface area contributed by atoms with E-state index >= 15 is 0 Å². The highest BCUT2D eigenvalue weighted by Crippen LogP contribution is 2.43. The predicted octanol–water partition coefficient (Wildman–Crippen LogP) is 2.43. The maximum absolute atomic E-state index is 12.9. The Kier molecular flexibility index (Phi) is 1.63. The lowest BCUT2D eigenvalue weighted by Crippen LogP contribution is -2.18. The Balaban J connectivity index is 2.41. The van der Waals surface area contributed by atoms with E-state index in [9.17, 15) is 4.39 Å². The van der Waals surface area contributed by atoms with Gasteiger partial charge in [0.25, 0.3) is 0 Å². The van der Waals surface area contributed by atoms with Crippen LogP contribution in [0.4, 0.5) is 4.39 Å². The van der Waals surface area contributed by atoms with Gasteiger partial charge >= 0.3 is 0 Å². The molecule has 0 bridgehead atoms. The van der Waals surface area contributed by atoms with Crippen LogP contribution in [0, 0.1) is 5.82 Å². The lowest BCUT2D eigenvalue weighted by molar-refractivity contribution is 0.618. The lowest BCUT2D eigenvalue weighted by Gasteiger charge is -2.08. The van der Waals surface area contributed by atoms with Gasteiger partial charge < -0.3 is 5.73 Å². The highest BCUT2D eigenvalue weighted by molar-refractivity contribution is 6.30. The minimum Gasteiger partial charge on any atom is -0.321 e. The third-order valence-electron chi connectivity index (χ3n) is 2.28. The minimum atomic E-state index is -0.383. The Bertz CT molecular complexity index is 320. The summed E-state index contributed by atoms with van der Waals surface area (Å²) in [6, 6.07) is 4.77. The van der Waals surface area contributed by atoms with Crippen LogP contribution in [0.5, 0.6) is 0 Å². The quantitative estimate of drug-likeness (QED) is 0.715. The second-order valence-electron chi connectivity index (χ2n) is 3.29. The molecule has 1 nitrogen and oxygen atoms in total. The molecular formula is C9H9ClFN. The normalized spacial score (nSPS) is 19.2. The van der Waals surface area contributed by atoms with Crippen molar-refractivity contribution >= 4 is 11.6 Å². The molecule has 1 aromatic carbocycles. The molecule has 1 aliphatic rings. The van der Waals surface area contributed by atoms with Crippen LogP contribution in [0.1, 0.15) is 18.4 Å².